The van der Waals surface area contributed by atoms with Crippen molar-refractivity contribution in [2.24, 2.45) is 7.05 Å². The third-order valence-electron chi connectivity index (χ3n) is 3.12. The largest absolute Gasteiger partial charge is 0.494 e. The fourth-order valence-electron chi connectivity index (χ4n) is 2.01. The van der Waals surface area contributed by atoms with Gasteiger partial charge >= 0.3 is 5.97 Å². The van der Waals surface area contributed by atoms with Crippen molar-refractivity contribution in [2.45, 2.75) is 17.9 Å². The highest BCUT2D eigenvalue weighted by Crippen LogP contribution is 2.19. The van der Waals surface area contributed by atoms with Crippen LogP contribution in [-0.4, -0.2) is 35.9 Å². The molecule has 8 nitrogen and oxygen atoms in total. The number of nitrogens with one attached hydrogen (secondary N) is 1. The first-order chi connectivity index (χ1) is 10.8. The van der Waals surface area contributed by atoms with Crippen LogP contribution in [0, 0.1) is 0 Å². The Balaban J connectivity index is 2.28. The van der Waals surface area contributed by atoms with Crippen molar-refractivity contribution in [1.82, 2.24) is 14.5 Å². The molecule has 2 rings (SSSR count). The van der Waals surface area contributed by atoms with E-state index in [4.69, 9.17) is 4.74 Å². The molecule has 0 bridgehead atoms. The lowest BCUT2D eigenvalue weighted by molar-refractivity contribution is -0.139. The number of hydrogen-bond acceptors (Lipinski definition) is 5. The number of ether oxygens (including phenoxy) is 1. The predicted octanol–water partition coefficient (Wildman–Crippen LogP) is 0.923. The standard InChI is InChI=1S/C14H17N3O5S/c1-3-22-10-4-6-11(7-5-10)23(20,21)16-13(14(18)19)12-8-9-15-17(12)2/h4-9,13,16H,3H2,1-2H3,(H,18,19). The zero-order chi connectivity index (χ0) is 17.0. The van der Waals surface area contributed by atoms with E-state index in [1.807, 2.05) is 6.92 Å². The highest BCUT2D eigenvalue weighted by Gasteiger charge is 2.29. The van der Waals surface area contributed by atoms with Gasteiger partial charge in [-0.15, -0.1) is 0 Å². The topological polar surface area (TPSA) is 111 Å². The molecule has 1 aromatic heterocycles. The maximum Gasteiger partial charge on any atom is 0.327 e. The molecular weight excluding hydrogens is 322 g/mol. The second-order valence-electron chi connectivity index (χ2n) is 4.68. The Morgan fingerprint density at radius 1 is 1.35 bits per heavy atom. The third-order valence-corrected chi connectivity index (χ3v) is 4.56. The monoisotopic (exact) mass is 339 g/mol. The van der Waals surface area contributed by atoms with Crippen molar-refractivity contribution in [2.75, 3.05) is 6.61 Å². The van der Waals surface area contributed by atoms with Crippen molar-refractivity contribution in [3.8, 4) is 5.75 Å². The number of hydrogen-bond donors (Lipinski definition) is 2. The molecule has 0 aliphatic heterocycles. The first kappa shape index (κ1) is 17.0. The summed E-state index contributed by atoms with van der Waals surface area (Å²) in [6, 6.07) is 5.75. The number of sulfonamides is 1. The fraction of sp³-hybridized carbons (Fsp3) is 0.286. The van der Waals surface area contributed by atoms with Crippen LogP contribution >= 0.6 is 0 Å². The van der Waals surface area contributed by atoms with E-state index in [-0.39, 0.29) is 10.6 Å². The van der Waals surface area contributed by atoms with Gasteiger partial charge in [-0.25, -0.2) is 8.42 Å². The molecule has 1 unspecified atom stereocenters. The molecule has 0 aliphatic carbocycles. The van der Waals surface area contributed by atoms with Crippen LogP contribution in [0.25, 0.3) is 0 Å². The van der Waals surface area contributed by atoms with Crippen LogP contribution in [0.5, 0.6) is 5.75 Å². The first-order valence-electron chi connectivity index (χ1n) is 6.81. The molecule has 23 heavy (non-hydrogen) atoms. The van der Waals surface area contributed by atoms with Gasteiger partial charge in [0.1, 0.15) is 5.75 Å². The number of benzene rings is 1. The second-order valence-corrected chi connectivity index (χ2v) is 6.39. The molecular formula is C14H17N3O5S. The van der Waals surface area contributed by atoms with Crippen LogP contribution in [0.3, 0.4) is 0 Å². The van der Waals surface area contributed by atoms with E-state index in [1.54, 1.807) is 0 Å². The number of rotatable bonds is 7. The van der Waals surface area contributed by atoms with Gasteiger partial charge in [-0.1, -0.05) is 0 Å². The Bertz CT molecular complexity index is 783. The number of aryl methyl sites for hydroxylation is 1. The van der Waals surface area contributed by atoms with Crippen LogP contribution < -0.4 is 9.46 Å². The van der Waals surface area contributed by atoms with Gasteiger partial charge in [-0.3, -0.25) is 9.48 Å². The Labute approximate surface area is 133 Å². The van der Waals surface area contributed by atoms with Crippen molar-refractivity contribution in [3.05, 3.63) is 42.2 Å². The molecule has 9 heteroatoms. The molecule has 0 radical (unpaired) electrons. The predicted molar refractivity (Wildman–Crippen MR) is 81.5 cm³/mol. The fourth-order valence-corrected chi connectivity index (χ4v) is 3.17. The van der Waals surface area contributed by atoms with E-state index < -0.39 is 22.0 Å². The minimum atomic E-state index is -4.01. The van der Waals surface area contributed by atoms with Gasteiger partial charge in [-0.05, 0) is 37.3 Å². The number of aromatic nitrogens is 2. The third kappa shape index (κ3) is 3.88. The van der Waals surface area contributed by atoms with Gasteiger partial charge < -0.3 is 9.84 Å². The smallest absolute Gasteiger partial charge is 0.327 e. The molecule has 1 atom stereocenters. The minimum absolute atomic E-state index is 0.0469. The van der Waals surface area contributed by atoms with E-state index in [0.29, 0.717) is 12.4 Å². The van der Waals surface area contributed by atoms with Gasteiger partial charge in [-0.2, -0.15) is 9.82 Å². The van der Waals surface area contributed by atoms with Crippen molar-refractivity contribution < 1.29 is 23.1 Å². The maximum absolute atomic E-state index is 12.4. The van der Waals surface area contributed by atoms with Crippen molar-refractivity contribution in [1.29, 1.82) is 0 Å². The Hall–Kier alpha value is -2.39. The lowest BCUT2D eigenvalue weighted by Crippen LogP contribution is -2.35. The molecule has 2 aromatic rings. The Kier molecular flexibility index (Phi) is 5.02. The van der Waals surface area contributed by atoms with E-state index >= 15 is 0 Å². The van der Waals surface area contributed by atoms with Crippen LogP contribution in [0.2, 0.25) is 0 Å². The highest BCUT2D eigenvalue weighted by atomic mass is 32.2. The second kappa shape index (κ2) is 6.80. The summed E-state index contributed by atoms with van der Waals surface area (Å²) in [5.41, 5.74) is 0.229. The average Bonchev–Trinajstić information content (AvgIpc) is 2.91. The zero-order valence-corrected chi connectivity index (χ0v) is 13.4. The van der Waals surface area contributed by atoms with E-state index in [1.165, 1.54) is 48.3 Å². The molecule has 1 heterocycles. The summed E-state index contributed by atoms with van der Waals surface area (Å²) in [5.74, 6) is -0.781. The lowest BCUT2D eigenvalue weighted by Gasteiger charge is -2.15. The summed E-state index contributed by atoms with van der Waals surface area (Å²) < 4.78 is 33.5. The minimum Gasteiger partial charge on any atom is -0.494 e. The van der Waals surface area contributed by atoms with E-state index in [9.17, 15) is 18.3 Å². The molecule has 2 N–H and O–H groups in total. The van der Waals surface area contributed by atoms with Gasteiger partial charge in [0.25, 0.3) is 0 Å². The number of carbonyl (C=O) groups is 1. The van der Waals surface area contributed by atoms with Crippen LogP contribution in [0.4, 0.5) is 0 Å². The van der Waals surface area contributed by atoms with Gasteiger partial charge in [0.05, 0.1) is 17.2 Å². The summed E-state index contributed by atoms with van der Waals surface area (Å²) >= 11 is 0. The summed E-state index contributed by atoms with van der Waals surface area (Å²) in [5, 5.41) is 13.2. The summed E-state index contributed by atoms with van der Waals surface area (Å²) in [6.45, 7) is 2.28. The first-order valence-corrected chi connectivity index (χ1v) is 8.29. The zero-order valence-electron chi connectivity index (χ0n) is 12.6. The summed E-state index contributed by atoms with van der Waals surface area (Å²) in [6.07, 6.45) is 1.40. The molecule has 0 saturated carbocycles. The number of aliphatic carboxylic acids is 1. The summed E-state index contributed by atoms with van der Waals surface area (Å²) in [4.78, 5) is 11.4. The SMILES string of the molecule is CCOc1ccc(S(=O)(=O)NC(C(=O)O)c2ccnn2C)cc1. The number of carboxylic acids is 1. The normalized spacial score (nSPS) is 12.8. The molecule has 0 aliphatic rings. The molecule has 124 valence electrons. The average molecular weight is 339 g/mol. The van der Waals surface area contributed by atoms with Crippen LogP contribution in [0.1, 0.15) is 18.7 Å². The Morgan fingerprint density at radius 3 is 2.48 bits per heavy atom. The lowest BCUT2D eigenvalue weighted by atomic mass is 10.2. The van der Waals surface area contributed by atoms with Gasteiger partial charge in [0.2, 0.25) is 10.0 Å². The molecule has 0 amide bonds. The van der Waals surface area contributed by atoms with Crippen LogP contribution in [-0.2, 0) is 21.9 Å². The molecule has 0 saturated heterocycles. The van der Waals surface area contributed by atoms with E-state index in [2.05, 4.69) is 9.82 Å². The van der Waals surface area contributed by atoms with E-state index in [0.717, 1.165) is 0 Å². The quantitative estimate of drug-likeness (QED) is 0.776. The van der Waals surface area contributed by atoms with Crippen molar-refractivity contribution in [3.63, 3.8) is 0 Å². The van der Waals surface area contributed by atoms with Gasteiger partial charge in [0, 0.05) is 13.2 Å². The molecule has 0 fully saturated rings. The molecule has 1 aromatic carbocycles. The molecule has 0 spiro atoms. The summed E-state index contributed by atoms with van der Waals surface area (Å²) in [7, 11) is -2.47. The Morgan fingerprint density at radius 2 is 2.00 bits per heavy atom. The number of nitrogens with zero attached hydrogens (tertiary/aromatic N) is 2. The van der Waals surface area contributed by atoms with Crippen LogP contribution in [0.15, 0.2) is 41.4 Å². The maximum atomic E-state index is 12.4. The number of carboxylic acid groups (broad SMARTS) is 1. The highest BCUT2D eigenvalue weighted by molar-refractivity contribution is 7.89. The van der Waals surface area contributed by atoms with Gasteiger partial charge in [0.15, 0.2) is 6.04 Å². The van der Waals surface area contributed by atoms with Crippen molar-refractivity contribution >= 4 is 16.0 Å².